The van der Waals surface area contributed by atoms with Crippen LogP contribution in [0.15, 0.2) is 20.3 Å². The van der Waals surface area contributed by atoms with Crippen LogP contribution in [0.4, 0.5) is 0 Å². The molecular weight excluding hydrogens is 502 g/mol. The number of aliphatic carboxylic acids is 2. The normalized spacial score (nSPS) is 8.77. The first-order chi connectivity index (χ1) is 5.54. The zero-order valence-electron chi connectivity index (χ0n) is 6.41. The summed E-state index contributed by atoms with van der Waals surface area (Å²) in [6, 6.07) is 0. The Morgan fingerprint density at radius 1 is 0.923 bits per heavy atom. The van der Waals surface area contributed by atoms with Crippen molar-refractivity contribution in [2.45, 2.75) is 0 Å². The number of rotatable bonds is 2. The van der Waals surface area contributed by atoms with Crippen LogP contribution in [0.3, 0.4) is 0 Å². The molecule has 7 heteroatoms. The summed E-state index contributed by atoms with van der Waals surface area (Å²) in [6.07, 6.45) is 1.92. The first-order valence-corrected chi connectivity index (χ1v) is 4.99. The summed E-state index contributed by atoms with van der Waals surface area (Å²) in [7, 11) is 0. The third-order valence-electron chi connectivity index (χ3n) is 0.398. The molecular formula is C6H4CdI2O4. The minimum Gasteiger partial charge on any atom is -0.545 e. The van der Waals surface area contributed by atoms with Crippen molar-refractivity contribution in [3.8, 4) is 0 Å². The summed E-state index contributed by atoms with van der Waals surface area (Å²) in [6.45, 7) is 0. The summed E-state index contributed by atoms with van der Waals surface area (Å²) in [5.41, 5.74) is 0. The molecule has 0 aromatic carbocycles. The molecule has 0 rings (SSSR count). The van der Waals surface area contributed by atoms with Gasteiger partial charge in [-0.25, -0.2) is 0 Å². The van der Waals surface area contributed by atoms with Gasteiger partial charge in [0.25, 0.3) is 0 Å². The maximum absolute atomic E-state index is 9.40. The largest absolute Gasteiger partial charge is 2.00 e. The molecule has 0 fully saturated rings. The van der Waals surface area contributed by atoms with Gasteiger partial charge in [0.15, 0.2) is 0 Å². The molecule has 0 amide bonds. The van der Waals surface area contributed by atoms with Gasteiger partial charge in [0.2, 0.25) is 0 Å². The fourth-order valence-corrected chi connectivity index (χ4v) is 0.690. The monoisotopic (exact) mass is 508 g/mol. The molecule has 4 nitrogen and oxygen atoms in total. The Hall–Kier alpha value is 0.802. The molecule has 0 aliphatic carbocycles. The Morgan fingerprint density at radius 2 is 1.15 bits per heavy atom. The summed E-state index contributed by atoms with van der Waals surface area (Å²) in [5.74, 6) is -2.30. The van der Waals surface area contributed by atoms with Crippen molar-refractivity contribution in [2.24, 2.45) is 0 Å². The zero-order chi connectivity index (χ0) is 9.98. The van der Waals surface area contributed by atoms with E-state index in [0.717, 1.165) is 12.2 Å². The molecule has 13 heavy (non-hydrogen) atoms. The summed E-state index contributed by atoms with van der Waals surface area (Å²) in [4.78, 5) is 18.8. The Bertz CT molecular complexity index is 181. The van der Waals surface area contributed by atoms with E-state index < -0.39 is 11.9 Å². The average molecular weight is 506 g/mol. The quantitative estimate of drug-likeness (QED) is 0.284. The summed E-state index contributed by atoms with van der Waals surface area (Å²) < 4.78 is 2.76. The Morgan fingerprint density at radius 3 is 1.15 bits per heavy atom. The first kappa shape index (κ1) is 19.4. The van der Waals surface area contributed by atoms with Crippen molar-refractivity contribution in [1.29, 1.82) is 0 Å². The molecule has 0 aromatic rings. The predicted octanol–water partition coefficient (Wildman–Crippen LogP) is -0.632. The van der Waals surface area contributed by atoms with E-state index >= 15 is 0 Å². The van der Waals surface area contributed by atoms with Crippen molar-refractivity contribution in [1.82, 2.24) is 0 Å². The van der Waals surface area contributed by atoms with E-state index in [1.54, 1.807) is 45.2 Å². The minimum absolute atomic E-state index is 0. The minimum atomic E-state index is -1.15. The van der Waals surface area contributed by atoms with E-state index in [1.807, 2.05) is 0 Å². The summed E-state index contributed by atoms with van der Waals surface area (Å²) >= 11 is 3.60. The Balaban J connectivity index is -0.000000143. The van der Waals surface area contributed by atoms with Crippen LogP contribution in [0, 0.1) is 0 Å². The van der Waals surface area contributed by atoms with Crippen LogP contribution in [0.25, 0.3) is 0 Å². The molecule has 68 valence electrons. The molecule has 0 aliphatic rings. The summed E-state index contributed by atoms with van der Waals surface area (Å²) in [5, 5.41) is 18.8. The second-order valence-electron chi connectivity index (χ2n) is 1.22. The van der Waals surface area contributed by atoms with E-state index in [1.165, 1.54) is 8.17 Å². The van der Waals surface area contributed by atoms with E-state index in [2.05, 4.69) is 0 Å². The van der Waals surface area contributed by atoms with Crippen LogP contribution in [0.2, 0.25) is 0 Å². The molecule has 0 heterocycles. The molecule has 0 atom stereocenters. The molecule has 0 aliphatic heterocycles. The molecule has 0 aromatic heterocycles. The molecule has 0 spiro atoms. The second kappa shape index (κ2) is 15.3. The Kier molecular flexibility index (Phi) is 22.8. The molecule has 0 N–H and O–H groups in total. The van der Waals surface area contributed by atoms with E-state index in [0.29, 0.717) is 0 Å². The van der Waals surface area contributed by atoms with Gasteiger partial charge in [-0.1, -0.05) is 45.2 Å². The molecule has 0 bridgehead atoms. The zero-order valence-corrected chi connectivity index (χ0v) is 14.8. The van der Waals surface area contributed by atoms with E-state index in [-0.39, 0.29) is 27.3 Å². The number of carboxylic acid groups (broad SMARTS) is 2. The third-order valence-corrected chi connectivity index (χ3v) is 1.12. The standard InChI is InChI=1S/2C3H3IO2.Cd/c2*4-2-1-3(5)6;/h2*1-2H,(H,5,6);/q;;+2/p-2. The van der Waals surface area contributed by atoms with Crippen molar-refractivity contribution >= 4 is 57.1 Å². The van der Waals surface area contributed by atoms with Gasteiger partial charge >= 0.3 is 27.3 Å². The number of hydrogen-bond acceptors (Lipinski definition) is 4. The van der Waals surface area contributed by atoms with Gasteiger partial charge in [0.05, 0.1) is 11.9 Å². The Labute approximate surface area is 123 Å². The van der Waals surface area contributed by atoms with Crippen molar-refractivity contribution in [3.05, 3.63) is 20.3 Å². The van der Waals surface area contributed by atoms with Gasteiger partial charge in [0, 0.05) is 0 Å². The number of hydrogen-bond donors (Lipinski definition) is 0. The van der Waals surface area contributed by atoms with Gasteiger partial charge in [-0.05, 0) is 20.3 Å². The van der Waals surface area contributed by atoms with Crippen LogP contribution in [-0.2, 0) is 36.9 Å². The van der Waals surface area contributed by atoms with Crippen molar-refractivity contribution in [2.75, 3.05) is 0 Å². The fraction of sp³-hybridized carbons (Fsp3) is 0. The smallest absolute Gasteiger partial charge is 0.545 e. The van der Waals surface area contributed by atoms with Gasteiger partial charge < -0.3 is 19.8 Å². The van der Waals surface area contributed by atoms with E-state index in [4.69, 9.17) is 0 Å². The van der Waals surface area contributed by atoms with Crippen LogP contribution >= 0.6 is 45.2 Å². The van der Waals surface area contributed by atoms with Crippen molar-refractivity contribution < 1.29 is 47.1 Å². The molecule has 0 radical (unpaired) electrons. The van der Waals surface area contributed by atoms with Crippen LogP contribution in [0.1, 0.15) is 0 Å². The van der Waals surface area contributed by atoms with Gasteiger partial charge in [-0.3, -0.25) is 0 Å². The maximum atomic E-state index is 9.40. The number of halogens is 2. The first-order valence-electron chi connectivity index (χ1n) is 2.50. The fourth-order valence-electron chi connectivity index (χ4n) is 0.103. The molecule has 0 saturated heterocycles. The predicted molar refractivity (Wildman–Crippen MR) is 56.3 cm³/mol. The van der Waals surface area contributed by atoms with Crippen molar-refractivity contribution in [3.63, 3.8) is 0 Å². The number of carbonyl (C=O) groups excluding carboxylic acids is 2. The third kappa shape index (κ3) is 32.3. The topological polar surface area (TPSA) is 80.3 Å². The average Bonchev–Trinajstić information content (AvgIpc) is 1.87. The van der Waals surface area contributed by atoms with Crippen LogP contribution in [0.5, 0.6) is 0 Å². The SMILES string of the molecule is O=C([O-])C=CI.O=C([O-])C=CI.[Cd+2]. The van der Waals surface area contributed by atoms with Gasteiger partial charge in [0.1, 0.15) is 0 Å². The molecule has 0 unspecified atom stereocenters. The number of carboxylic acids is 2. The van der Waals surface area contributed by atoms with Crippen LogP contribution in [-0.4, -0.2) is 11.9 Å². The van der Waals surface area contributed by atoms with E-state index in [9.17, 15) is 19.8 Å². The maximum Gasteiger partial charge on any atom is 2.00 e. The second-order valence-corrected chi connectivity index (χ2v) is 2.66. The van der Waals surface area contributed by atoms with Crippen LogP contribution < -0.4 is 10.2 Å². The van der Waals surface area contributed by atoms with Gasteiger partial charge in [-0.15, -0.1) is 0 Å². The van der Waals surface area contributed by atoms with Gasteiger partial charge in [-0.2, -0.15) is 0 Å². The molecule has 0 saturated carbocycles. The number of carbonyl (C=O) groups is 2.